The van der Waals surface area contributed by atoms with E-state index in [2.05, 4.69) is 31.2 Å². The first-order valence-electron chi connectivity index (χ1n) is 12.8. The highest BCUT2D eigenvalue weighted by atomic mass is 32.1. The number of halogens is 5. The van der Waals surface area contributed by atoms with Crippen molar-refractivity contribution in [3.8, 4) is 0 Å². The third-order valence-electron chi connectivity index (χ3n) is 7.49. The molecule has 3 aromatic heterocycles. The summed E-state index contributed by atoms with van der Waals surface area (Å²) >= 11 is 1.26. The van der Waals surface area contributed by atoms with Gasteiger partial charge in [0.25, 0.3) is 5.91 Å². The minimum absolute atomic E-state index is 0.0659. The van der Waals surface area contributed by atoms with Crippen LogP contribution in [-0.2, 0) is 30.9 Å². The molecule has 0 bridgehead atoms. The maximum absolute atomic E-state index is 13.5. The molecule has 3 aliphatic carbocycles. The highest BCUT2D eigenvalue weighted by molar-refractivity contribution is 7.17. The summed E-state index contributed by atoms with van der Waals surface area (Å²) in [6, 6.07) is 0.611. The zero-order chi connectivity index (χ0) is 28.3. The van der Waals surface area contributed by atoms with Gasteiger partial charge in [-0.1, -0.05) is 0 Å². The van der Waals surface area contributed by atoms with Gasteiger partial charge in [-0.05, 0) is 37.7 Å². The number of nitrogens with one attached hydrogen (secondary N) is 3. The highest BCUT2D eigenvalue weighted by Gasteiger charge is 2.44. The van der Waals surface area contributed by atoms with Crippen molar-refractivity contribution >= 4 is 39.9 Å². The van der Waals surface area contributed by atoms with Crippen molar-refractivity contribution in [3.05, 3.63) is 34.1 Å². The van der Waals surface area contributed by atoms with E-state index in [9.17, 15) is 31.5 Å². The van der Waals surface area contributed by atoms with E-state index in [0.717, 1.165) is 15.6 Å². The molecule has 3 aromatic rings. The number of thiophene rings is 1. The van der Waals surface area contributed by atoms with Gasteiger partial charge in [-0.2, -0.15) is 18.3 Å². The fraction of sp³-hybridized carbons (Fsp3) is 0.542. The summed E-state index contributed by atoms with van der Waals surface area (Å²) in [5.41, 5.74) is -0.0760. The minimum atomic E-state index is -4.61. The molecule has 5 atom stereocenters. The summed E-state index contributed by atoms with van der Waals surface area (Å²) in [5, 5.41) is 20.1. The Hall–Kier alpha value is -3.56. The number of hydrogen-bond acceptors (Lipinski definition) is 7. The van der Waals surface area contributed by atoms with Crippen LogP contribution < -0.4 is 16.0 Å². The van der Waals surface area contributed by atoms with Gasteiger partial charge in [0, 0.05) is 36.5 Å². The van der Waals surface area contributed by atoms with E-state index in [4.69, 9.17) is 0 Å². The van der Waals surface area contributed by atoms with Crippen LogP contribution in [-0.4, -0.2) is 55.2 Å². The third kappa shape index (κ3) is 5.15. The van der Waals surface area contributed by atoms with Gasteiger partial charge >= 0.3 is 6.18 Å². The number of amides is 2. The molecule has 0 saturated heterocycles. The standard InChI is InChI=1S/C24H25F5N8O2S/c1-36-18(7-17(35-36)24(27,28)29)32-23-34-31-9-37(23)11-2-3-16-13(5-11)19(21(39)30-8-10-4-14(10)25)22(40-16)33-20(38)12-6-15(12)26/h7,9-12,14-15H,2-6,8H2,1H3,(H,30,39)(H,32,34)(H,33,38)/t10-,11?,12-,14-,15+/m0/s1. The molecule has 0 spiro atoms. The van der Waals surface area contributed by atoms with Crippen molar-refractivity contribution in [1.29, 1.82) is 0 Å². The summed E-state index contributed by atoms with van der Waals surface area (Å²) in [4.78, 5) is 26.7. The minimum Gasteiger partial charge on any atom is -0.352 e. The second-order valence-corrected chi connectivity index (χ2v) is 11.5. The van der Waals surface area contributed by atoms with Crippen molar-refractivity contribution in [2.75, 3.05) is 17.2 Å². The molecule has 0 radical (unpaired) electrons. The number of carbonyl (C=O) groups is 2. The lowest BCUT2D eigenvalue weighted by Gasteiger charge is -2.25. The molecule has 2 saturated carbocycles. The van der Waals surface area contributed by atoms with Crippen molar-refractivity contribution in [3.63, 3.8) is 0 Å². The van der Waals surface area contributed by atoms with E-state index in [1.165, 1.54) is 24.7 Å². The Morgan fingerprint density at radius 1 is 1.20 bits per heavy atom. The molecule has 0 aliphatic heterocycles. The predicted molar refractivity (Wildman–Crippen MR) is 134 cm³/mol. The summed E-state index contributed by atoms with van der Waals surface area (Å²) < 4.78 is 69.0. The maximum atomic E-state index is 13.5. The van der Waals surface area contributed by atoms with Crippen molar-refractivity contribution in [2.45, 2.75) is 56.7 Å². The number of aryl methyl sites for hydroxylation is 2. The van der Waals surface area contributed by atoms with Gasteiger partial charge in [0.15, 0.2) is 5.69 Å². The first kappa shape index (κ1) is 26.7. The van der Waals surface area contributed by atoms with E-state index < -0.39 is 41.9 Å². The lowest BCUT2D eigenvalue weighted by molar-refractivity contribution is -0.141. The van der Waals surface area contributed by atoms with Crippen molar-refractivity contribution in [1.82, 2.24) is 29.9 Å². The number of hydrogen-bond donors (Lipinski definition) is 3. The van der Waals surface area contributed by atoms with Gasteiger partial charge < -0.3 is 16.0 Å². The Kier molecular flexibility index (Phi) is 6.54. The fourth-order valence-corrected chi connectivity index (χ4v) is 6.19. The molecule has 10 nitrogen and oxygen atoms in total. The van der Waals surface area contributed by atoms with Crippen LogP contribution in [0.5, 0.6) is 0 Å². The van der Waals surface area contributed by atoms with Crippen molar-refractivity contribution < 1.29 is 31.5 Å². The second kappa shape index (κ2) is 9.82. The number of carbonyl (C=O) groups excluding carboxylic acids is 2. The third-order valence-corrected chi connectivity index (χ3v) is 8.69. The van der Waals surface area contributed by atoms with Crippen molar-refractivity contribution in [2.24, 2.45) is 18.9 Å². The molecule has 2 amide bonds. The summed E-state index contributed by atoms with van der Waals surface area (Å²) in [7, 11) is 1.37. The van der Waals surface area contributed by atoms with Crippen LogP contribution in [0, 0.1) is 11.8 Å². The van der Waals surface area contributed by atoms with Crippen LogP contribution in [0.4, 0.5) is 38.7 Å². The summed E-state index contributed by atoms with van der Waals surface area (Å²) in [6.07, 6.45) is -3.26. The molecule has 3 aliphatic rings. The lowest BCUT2D eigenvalue weighted by atomic mass is 9.91. The van der Waals surface area contributed by atoms with Crippen LogP contribution >= 0.6 is 11.3 Å². The van der Waals surface area contributed by atoms with Gasteiger partial charge in [-0.3, -0.25) is 18.8 Å². The van der Waals surface area contributed by atoms with Gasteiger partial charge in [0.05, 0.1) is 11.5 Å². The molecule has 6 rings (SSSR count). The van der Waals surface area contributed by atoms with E-state index in [-0.39, 0.29) is 42.3 Å². The van der Waals surface area contributed by atoms with Gasteiger partial charge in [0.2, 0.25) is 11.9 Å². The Bertz CT molecular complexity index is 1470. The van der Waals surface area contributed by atoms with Gasteiger partial charge in [0.1, 0.15) is 29.5 Å². The molecular formula is C24H25F5N8O2S. The quantitative estimate of drug-likeness (QED) is 0.345. The van der Waals surface area contributed by atoms with E-state index >= 15 is 0 Å². The van der Waals surface area contributed by atoms with E-state index in [1.54, 1.807) is 4.57 Å². The Morgan fingerprint density at radius 2 is 1.95 bits per heavy atom. The van der Waals surface area contributed by atoms with Gasteiger partial charge in [-0.25, -0.2) is 8.78 Å². The Balaban J connectivity index is 1.25. The van der Waals surface area contributed by atoms with Crippen LogP contribution in [0.1, 0.15) is 51.8 Å². The number of alkyl halides is 5. The lowest BCUT2D eigenvalue weighted by Crippen LogP contribution is -2.29. The van der Waals surface area contributed by atoms with E-state index in [0.29, 0.717) is 36.2 Å². The monoisotopic (exact) mass is 584 g/mol. The molecule has 40 heavy (non-hydrogen) atoms. The number of nitrogens with zero attached hydrogens (tertiary/aromatic N) is 5. The topological polar surface area (TPSA) is 119 Å². The Morgan fingerprint density at radius 3 is 2.60 bits per heavy atom. The van der Waals surface area contributed by atoms with Gasteiger partial charge in [-0.15, -0.1) is 21.5 Å². The molecular weight excluding hydrogens is 559 g/mol. The molecule has 0 aromatic carbocycles. The van der Waals surface area contributed by atoms with Crippen LogP contribution in [0.15, 0.2) is 12.4 Å². The Labute approximate surface area is 228 Å². The predicted octanol–water partition coefficient (Wildman–Crippen LogP) is 3.95. The largest absolute Gasteiger partial charge is 0.435 e. The first-order valence-corrected chi connectivity index (χ1v) is 13.6. The number of anilines is 3. The molecule has 16 heteroatoms. The SMILES string of the molecule is Cn1nc(C(F)(F)F)cc1Nc1nncn1C1CCc2sc(NC(=O)[C@H]3C[C@H]3F)c(C(=O)NC[C@@H]3C[C@@H]3F)c2C1. The molecule has 1 unspecified atom stereocenters. The molecule has 2 fully saturated rings. The van der Waals surface area contributed by atoms with Crippen LogP contribution in [0.2, 0.25) is 0 Å². The normalized spacial score (nSPS) is 25.3. The smallest absolute Gasteiger partial charge is 0.352 e. The first-order chi connectivity index (χ1) is 19.0. The zero-order valence-electron chi connectivity index (χ0n) is 21.1. The highest BCUT2D eigenvalue weighted by Crippen LogP contribution is 2.43. The molecule has 3 heterocycles. The van der Waals surface area contributed by atoms with Crippen LogP contribution in [0.3, 0.4) is 0 Å². The fourth-order valence-electron chi connectivity index (χ4n) is 4.94. The maximum Gasteiger partial charge on any atom is 0.435 e. The van der Waals surface area contributed by atoms with E-state index in [1.807, 2.05) is 0 Å². The number of aromatic nitrogens is 5. The summed E-state index contributed by atoms with van der Waals surface area (Å²) in [6.45, 7) is 0.167. The molecule has 3 N–H and O–H groups in total. The zero-order valence-corrected chi connectivity index (χ0v) is 22.0. The molecule has 214 valence electrons. The second-order valence-electron chi connectivity index (χ2n) is 10.4. The average Bonchev–Trinajstić information content (AvgIpc) is 3.59. The number of rotatable bonds is 8. The summed E-state index contributed by atoms with van der Waals surface area (Å²) in [5.74, 6) is -1.64. The number of fused-ring (bicyclic) bond motifs is 1. The van der Waals surface area contributed by atoms with Crippen LogP contribution in [0.25, 0.3) is 0 Å². The average molecular weight is 585 g/mol.